The van der Waals surface area contributed by atoms with Gasteiger partial charge in [-0.05, 0) is 59.8 Å². The van der Waals surface area contributed by atoms with Crippen LogP contribution in [0.4, 0.5) is 0 Å². The number of nitrogens with zero attached hydrogens (tertiary/aromatic N) is 3. The topological polar surface area (TPSA) is 66.4 Å². The van der Waals surface area contributed by atoms with E-state index in [-0.39, 0.29) is 49.8 Å². The molecule has 0 bridgehead atoms. The van der Waals surface area contributed by atoms with Crippen molar-refractivity contribution >= 4 is 69.6 Å². The van der Waals surface area contributed by atoms with Crippen LogP contribution in [0, 0.1) is 0 Å². The summed E-state index contributed by atoms with van der Waals surface area (Å²) in [5.74, 6) is 0.440. The van der Waals surface area contributed by atoms with Gasteiger partial charge in [0, 0.05) is 15.1 Å². The maximum Gasteiger partial charge on any atom is 0.290 e. The van der Waals surface area contributed by atoms with Crippen molar-refractivity contribution in [3.63, 3.8) is 0 Å². The van der Waals surface area contributed by atoms with E-state index in [0.717, 1.165) is 0 Å². The Kier molecular flexibility index (Phi) is 7.54. The second-order valence-electron chi connectivity index (χ2n) is 6.26. The molecule has 6 nitrogen and oxygen atoms in total. The Bertz CT molecular complexity index is 1270. The number of ether oxygens (including phenoxy) is 3. The van der Waals surface area contributed by atoms with Crippen LogP contribution < -0.4 is 14.2 Å². The molecule has 0 radical (unpaired) electrons. The molecule has 12 heteroatoms. The van der Waals surface area contributed by atoms with E-state index < -0.39 is 0 Å². The predicted molar refractivity (Wildman–Crippen MR) is 129 cm³/mol. The smallest absolute Gasteiger partial charge is 0.290 e. The minimum absolute atomic E-state index is 0.0498. The summed E-state index contributed by atoms with van der Waals surface area (Å²) in [5, 5.41) is 13.5. The fourth-order valence-electron chi connectivity index (χ4n) is 2.50. The van der Waals surface area contributed by atoms with Crippen LogP contribution in [0.5, 0.6) is 34.8 Å². The molecule has 0 amide bonds. The van der Waals surface area contributed by atoms with Gasteiger partial charge in [0.25, 0.3) is 17.5 Å². The summed E-state index contributed by atoms with van der Waals surface area (Å²) in [5.41, 5.74) is 0. The minimum Gasteiger partial charge on any atom is -0.445 e. The summed E-state index contributed by atoms with van der Waals surface area (Å²) in [6.07, 6.45) is 0. The summed E-state index contributed by atoms with van der Waals surface area (Å²) < 4.78 is 17.6. The van der Waals surface area contributed by atoms with Crippen LogP contribution in [0.25, 0.3) is 0 Å². The molecule has 0 aliphatic carbocycles. The normalized spacial score (nSPS) is 10.7. The van der Waals surface area contributed by atoms with Crippen LogP contribution in [0.3, 0.4) is 0 Å². The molecule has 4 rings (SSSR count). The lowest BCUT2D eigenvalue weighted by Crippen LogP contribution is -2.02. The highest BCUT2D eigenvalue weighted by atomic mass is 35.5. The van der Waals surface area contributed by atoms with E-state index in [0.29, 0.717) is 15.1 Å². The molecule has 0 saturated carbocycles. The molecule has 3 aromatic carbocycles. The number of hydrogen-bond acceptors (Lipinski definition) is 6. The Hall–Kier alpha value is -2.19. The van der Waals surface area contributed by atoms with Crippen LogP contribution >= 0.6 is 69.6 Å². The lowest BCUT2D eigenvalue weighted by Gasteiger charge is -2.15. The van der Waals surface area contributed by atoms with Gasteiger partial charge < -0.3 is 14.2 Å². The molecule has 0 atom stereocenters. The Morgan fingerprint density at radius 2 is 0.848 bits per heavy atom. The van der Waals surface area contributed by atoms with Gasteiger partial charge in [-0.2, -0.15) is 0 Å². The van der Waals surface area contributed by atoms with Gasteiger partial charge in [-0.1, -0.05) is 79.8 Å². The molecule has 0 saturated heterocycles. The zero-order valence-electron chi connectivity index (χ0n) is 16.0. The van der Waals surface area contributed by atoms with Crippen molar-refractivity contribution in [3.8, 4) is 34.8 Å². The zero-order valence-corrected chi connectivity index (χ0v) is 20.6. The van der Waals surface area contributed by atoms with Gasteiger partial charge in [0.2, 0.25) is 0 Å². The van der Waals surface area contributed by atoms with E-state index in [9.17, 15) is 0 Å². The third kappa shape index (κ3) is 5.84. The Labute approximate surface area is 217 Å². The van der Waals surface area contributed by atoms with Gasteiger partial charge in [0.05, 0.1) is 15.1 Å². The summed E-state index contributed by atoms with van der Waals surface area (Å²) >= 11 is 36.6. The average molecular weight is 564 g/mol. The van der Waals surface area contributed by atoms with Gasteiger partial charge in [0.1, 0.15) is 17.2 Å². The fraction of sp³-hybridized carbons (Fsp3) is 0. The van der Waals surface area contributed by atoms with Gasteiger partial charge in [0.15, 0.2) is 0 Å². The van der Waals surface area contributed by atoms with Crippen molar-refractivity contribution in [2.24, 2.45) is 0 Å². The molecular weight excluding hydrogens is 555 g/mol. The molecule has 33 heavy (non-hydrogen) atoms. The van der Waals surface area contributed by atoms with Crippen molar-refractivity contribution < 1.29 is 14.2 Å². The van der Waals surface area contributed by atoms with Crippen LogP contribution in [0.1, 0.15) is 0 Å². The SMILES string of the molecule is Clc1ccc(Oc2nnnc(Oc3ccc(Cl)cc3Cl)c2Oc2ccc(Cl)cc2Cl)c(Cl)c1. The molecule has 0 spiro atoms. The minimum atomic E-state index is -0.111. The van der Waals surface area contributed by atoms with E-state index in [1.54, 1.807) is 36.4 Å². The number of aromatic nitrogens is 3. The first kappa shape index (κ1) is 24.0. The lowest BCUT2D eigenvalue weighted by molar-refractivity contribution is 0.354. The molecule has 4 aromatic rings. The molecule has 0 unspecified atom stereocenters. The molecule has 0 N–H and O–H groups in total. The Morgan fingerprint density at radius 3 is 1.21 bits per heavy atom. The summed E-state index contributed by atoms with van der Waals surface area (Å²) in [6, 6.07) is 14.0. The molecule has 0 aliphatic rings. The second-order valence-corrected chi connectivity index (χ2v) is 8.79. The molecule has 1 aromatic heterocycles. The maximum atomic E-state index is 6.27. The quantitative estimate of drug-likeness (QED) is 0.233. The predicted octanol–water partition coefficient (Wildman–Crippen LogP) is 9.17. The number of rotatable bonds is 6. The highest BCUT2D eigenvalue weighted by Crippen LogP contribution is 2.44. The molecule has 1 heterocycles. The second kappa shape index (κ2) is 10.4. The highest BCUT2D eigenvalue weighted by Gasteiger charge is 2.22. The van der Waals surface area contributed by atoms with E-state index in [1.807, 2.05) is 0 Å². The van der Waals surface area contributed by atoms with Crippen LogP contribution in [0.2, 0.25) is 30.1 Å². The molecule has 0 fully saturated rings. The monoisotopic (exact) mass is 561 g/mol. The Balaban J connectivity index is 1.78. The van der Waals surface area contributed by atoms with Crippen molar-refractivity contribution in [2.75, 3.05) is 0 Å². The highest BCUT2D eigenvalue weighted by molar-refractivity contribution is 6.36. The van der Waals surface area contributed by atoms with E-state index >= 15 is 0 Å². The van der Waals surface area contributed by atoms with Gasteiger partial charge >= 0.3 is 0 Å². The van der Waals surface area contributed by atoms with Crippen molar-refractivity contribution in [1.29, 1.82) is 0 Å². The van der Waals surface area contributed by atoms with E-state index in [1.165, 1.54) is 18.2 Å². The molecule has 168 valence electrons. The van der Waals surface area contributed by atoms with Crippen LogP contribution in [-0.4, -0.2) is 15.4 Å². The first-order valence-corrected chi connectivity index (χ1v) is 11.2. The molecular formula is C21H9Cl6N3O3. The zero-order chi connectivity index (χ0) is 23.5. The molecule has 0 aliphatic heterocycles. The van der Waals surface area contributed by atoms with Gasteiger partial charge in [-0.15, -0.1) is 0 Å². The van der Waals surface area contributed by atoms with Crippen LogP contribution in [-0.2, 0) is 0 Å². The van der Waals surface area contributed by atoms with E-state index in [2.05, 4.69) is 15.4 Å². The first-order valence-electron chi connectivity index (χ1n) is 8.92. The van der Waals surface area contributed by atoms with Gasteiger partial charge in [-0.25, -0.2) is 0 Å². The first-order chi connectivity index (χ1) is 15.8. The fourth-order valence-corrected chi connectivity index (χ4v) is 3.84. The summed E-state index contributed by atoms with van der Waals surface area (Å²) in [6.45, 7) is 0. The van der Waals surface area contributed by atoms with Gasteiger partial charge in [-0.3, -0.25) is 0 Å². The summed E-state index contributed by atoms with van der Waals surface area (Å²) in [4.78, 5) is 0. The summed E-state index contributed by atoms with van der Waals surface area (Å²) in [7, 11) is 0. The van der Waals surface area contributed by atoms with Crippen LogP contribution in [0.15, 0.2) is 54.6 Å². The number of benzene rings is 3. The van der Waals surface area contributed by atoms with Crippen molar-refractivity contribution in [3.05, 3.63) is 84.7 Å². The maximum absolute atomic E-state index is 6.27. The largest absolute Gasteiger partial charge is 0.445 e. The Morgan fingerprint density at radius 1 is 0.485 bits per heavy atom. The number of halogens is 6. The van der Waals surface area contributed by atoms with Crippen molar-refractivity contribution in [2.45, 2.75) is 0 Å². The lowest BCUT2D eigenvalue weighted by atomic mass is 10.3. The third-order valence-corrected chi connectivity index (χ3v) is 5.56. The standard InChI is InChI=1S/C21H9Cl6N3O3/c22-10-1-4-16(13(25)7-10)31-19-20(32-17-5-2-11(23)8-14(17)26)28-30-29-21(19)33-18-6-3-12(24)9-15(18)27/h1-9H. The third-order valence-electron chi connectivity index (χ3n) is 3.97. The number of hydrogen-bond donors (Lipinski definition) is 0. The van der Waals surface area contributed by atoms with Crippen molar-refractivity contribution in [1.82, 2.24) is 15.4 Å². The average Bonchev–Trinajstić information content (AvgIpc) is 2.75. The van der Waals surface area contributed by atoms with E-state index in [4.69, 9.17) is 83.8 Å².